The molecule has 0 N–H and O–H groups in total. The van der Waals surface area contributed by atoms with Crippen LogP contribution in [0.4, 0.5) is 0 Å². The van der Waals surface area contributed by atoms with Gasteiger partial charge in [0.25, 0.3) is 0 Å². The van der Waals surface area contributed by atoms with Crippen LogP contribution < -0.4 is 0 Å². The van der Waals surface area contributed by atoms with Crippen LogP contribution in [-0.2, 0) is 18.9 Å². The Morgan fingerprint density at radius 3 is 2.64 bits per heavy atom. The molecule has 84 valence electrons. The molecule has 5 heteroatoms. The Kier molecular flexibility index (Phi) is 6.38. The van der Waals surface area contributed by atoms with Gasteiger partial charge in [0.1, 0.15) is 5.91 Å². The van der Waals surface area contributed by atoms with Crippen LogP contribution in [0.15, 0.2) is 0 Å². The molecule has 0 radical (unpaired) electrons. The highest BCUT2D eigenvalue weighted by Gasteiger charge is 2.17. The van der Waals surface area contributed by atoms with E-state index in [9.17, 15) is 0 Å². The molecule has 0 aromatic carbocycles. The predicted molar refractivity (Wildman–Crippen MR) is 56.1 cm³/mol. The molecular weight excluding hydrogens is 200 g/mol. The molecule has 1 unspecified atom stereocenters. The maximum atomic E-state index is 5.45. The fourth-order valence-electron chi connectivity index (χ4n) is 1.31. The summed E-state index contributed by atoms with van der Waals surface area (Å²) in [5, 5.41) is 0. The fraction of sp³-hybridized carbons (Fsp3) is 1.00. The van der Waals surface area contributed by atoms with E-state index < -0.39 is 0 Å². The summed E-state index contributed by atoms with van der Waals surface area (Å²) in [7, 11) is 3.12. The summed E-state index contributed by atoms with van der Waals surface area (Å²) in [6.45, 7) is 1.66. The van der Waals surface area contributed by atoms with E-state index >= 15 is 0 Å². The summed E-state index contributed by atoms with van der Waals surface area (Å²) < 4.78 is 20.9. The second kappa shape index (κ2) is 7.36. The average Bonchev–Trinajstić information content (AvgIpc) is 2.14. The van der Waals surface area contributed by atoms with Gasteiger partial charge in [0, 0.05) is 27.2 Å². The Morgan fingerprint density at radius 2 is 2.14 bits per heavy atom. The lowest BCUT2D eigenvalue weighted by Gasteiger charge is -2.26. The van der Waals surface area contributed by atoms with Crippen LogP contribution in [0.25, 0.3) is 0 Å². The zero-order valence-corrected chi connectivity index (χ0v) is 10.4. The largest absolute Gasteiger partial charge is 0.360 e. The minimum Gasteiger partial charge on any atom is -0.360 e. The van der Waals surface area contributed by atoms with Crippen LogP contribution in [0.2, 0.25) is 6.04 Å². The maximum Gasteiger partial charge on any atom is 0.159 e. The van der Waals surface area contributed by atoms with Crippen molar-refractivity contribution in [3.8, 4) is 0 Å². The third-order valence-electron chi connectivity index (χ3n) is 2.32. The molecule has 4 nitrogen and oxygen atoms in total. The quantitative estimate of drug-likeness (QED) is 0.335. The summed E-state index contributed by atoms with van der Waals surface area (Å²) in [4.78, 5) is 0. The van der Waals surface area contributed by atoms with Crippen molar-refractivity contribution in [2.75, 3.05) is 27.4 Å². The lowest BCUT2D eigenvalue weighted by Crippen LogP contribution is -2.30. The van der Waals surface area contributed by atoms with Gasteiger partial charge in [0.15, 0.2) is 6.29 Å². The fourth-order valence-corrected chi connectivity index (χ4v) is 2.60. The number of methoxy groups -OCH3 is 2. The Labute approximate surface area is 87.7 Å². The van der Waals surface area contributed by atoms with E-state index in [1.807, 2.05) is 0 Å². The van der Waals surface area contributed by atoms with Crippen molar-refractivity contribution in [1.29, 1.82) is 0 Å². The normalized spacial score (nSPS) is 22.1. The smallest absolute Gasteiger partial charge is 0.159 e. The summed E-state index contributed by atoms with van der Waals surface area (Å²) in [6.07, 6.45) is 2.23. The molecule has 0 spiro atoms. The van der Waals surface area contributed by atoms with E-state index in [-0.39, 0.29) is 21.7 Å². The molecule has 0 amide bonds. The molecule has 0 saturated carbocycles. The molecule has 1 aliphatic heterocycles. The first-order valence-corrected chi connectivity index (χ1v) is 6.97. The molecule has 1 fully saturated rings. The van der Waals surface area contributed by atoms with Gasteiger partial charge in [-0.3, -0.25) is 0 Å². The Morgan fingerprint density at radius 1 is 1.43 bits per heavy atom. The lowest BCUT2D eigenvalue weighted by atomic mass is 10.3. The van der Waals surface area contributed by atoms with Crippen LogP contribution in [-0.4, -0.2) is 49.2 Å². The van der Waals surface area contributed by atoms with Gasteiger partial charge in [-0.15, -0.1) is 0 Å². The number of rotatable bonds is 8. The average molecular weight is 220 g/mol. The molecule has 1 heterocycles. The minimum absolute atomic E-state index is 0.0648. The van der Waals surface area contributed by atoms with Crippen LogP contribution in [0.3, 0.4) is 0 Å². The van der Waals surface area contributed by atoms with E-state index in [1.165, 1.54) is 6.04 Å². The lowest BCUT2D eigenvalue weighted by molar-refractivity contribution is -0.214. The van der Waals surface area contributed by atoms with E-state index in [1.54, 1.807) is 14.2 Å². The highest BCUT2D eigenvalue weighted by atomic mass is 28.2. The van der Waals surface area contributed by atoms with E-state index in [2.05, 4.69) is 0 Å². The molecule has 1 saturated heterocycles. The molecule has 1 atom stereocenters. The summed E-state index contributed by atoms with van der Waals surface area (Å²) in [6, 6.07) is 1.19. The number of hydrogen-bond acceptors (Lipinski definition) is 4. The van der Waals surface area contributed by atoms with E-state index in [0.717, 1.165) is 26.1 Å². The molecule has 14 heavy (non-hydrogen) atoms. The summed E-state index contributed by atoms with van der Waals surface area (Å²) >= 11 is 0. The third kappa shape index (κ3) is 4.52. The van der Waals surface area contributed by atoms with Gasteiger partial charge < -0.3 is 18.9 Å². The summed E-state index contributed by atoms with van der Waals surface area (Å²) in [5.41, 5.74) is 0. The molecule has 0 aromatic heterocycles. The van der Waals surface area contributed by atoms with Gasteiger partial charge in [-0.25, -0.2) is 0 Å². The molecule has 0 bridgehead atoms. The minimum atomic E-state index is -0.273. The van der Waals surface area contributed by atoms with Crippen LogP contribution in [0.1, 0.15) is 12.8 Å². The monoisotopic (exact) mass is 220 g/mol. The van der Waals surface area contributed by atoms with Crippen molar-refractivity contribution in [2.24, 2.45) is 0 Å². The first-order chi connectivity index (χ1) is 6.86. The third-order valence-corrected chi connectivity index (χ3v) is 4.37. The maximum absolute atomic E-state index is 5.45. The standard InChI is InChI=1S/C9H20O4Si/c1-10-9(11-2)14-7-3-5-12-8-4-6-13-8/h8-9H,3-7,14H2,1-2H3. The van der Waals surface area contributed by atoms with Crippen molar-refractivity contribution >= 4 is 9.52 Å². The Bertz CT molecular complexity index is 137. The van der Waals surface area contributed by atoms with Crippen molar-refractivity contribution in [3.63, 3.8) is 0 Å². The molecule has 0 aliphatic carbocycles. The Hall–Kier alpha value is 0.0569. The van der Waals surface area contributed by atoms with Crippen molar-refractivity contribution < 1.29 is 18.9 Å². The zero-order chi connectivity index (χ0) is 10.2. The number of ether oxygens (including phenoxy) is 4. The van der Waals surface area contributed by atoms with Gasteiger partial charge in [-0.1, -0.05) is 6.04 Å². The van der Waals surface area contributed by atoms with Gasteiger partial charge in [0.2, 0.25) is 0 Å². The molecule has 0 aromatic rings. The van der Waals surface area contributed by atoms with Crippen LogP contribution in [0, 0.1) is 0 Å². The first-order valence-electron chi connectivity index (χ1n) is 5.15. The van der Waals surface area contributed by atoms with Gasteiger partial charge >= 0.3 is 0 Å². The topological polar surface area (TPSA) is 36.9 Å². The Balaban J connectivity index is 1.83. The van der Waals surface area contributed by atoms with Crippen molar-refractivity contribution in [2.45, 2.75) is 31.1 Å². The van der Waals surface area contributed by atoms with Crippen molar-refractivity contribution in [3.05, 3.63) is 0 Å². The van der Waals surface area contributed by atoms with Crippen LogP contribution in [0.5, 0.6) is 0 Å². The SMILES string of the molecule is COC(OC)[SiH2]CCCOC1CCO1. The molecule has 1 aliphatic rings. The van der Waals surface area contributed by atoms with Gasteiger partial charge in [-0.2, -0.15) is 0 Å². The predicted octanol–water partition coefficient (Wildman–Crippen LogP) is 0.303. The van der Waals surface area contributed by atoms with Crippen molar-refractivity contribution in [1.82, 2.24) is 0 Å². The van der Waals surface area contributed by atoms with Gasteiger partial charge in [-0.05, 0) is 6.42 Å². The highest BCUT2D eigenvalue weighted by Crippen LogP contribution is 2.12. The number of hydrogen-bond donors (Lipinski definition) is 0. The summed E-state index contributed by atoms with van der Waals surface area (Å²) in [5.74, 6) is 0.0648. The highest BCUT2D eigenvalue weighted by molar-refractivity contribution is 6.36. The van der Waals surface area contributed by atoms with Gasteiger partial charge in [0.05, 0.1) is 16.1 Å². The van der Waals surface area contributed by atoms with E-state index in [0.29, 0.717) is 0 Å². The molecule has 1 rings (SSSR count). The van der Waals surface area contributed by atoms with Crippen LogP contribution >= 0.6 is 0 Å². The second-order valence-corrected chi connectivity index (χ2v) is 5.31. The first kappa shape index (κ1) is 12.1. The second-order valence-electron chi connectivity index (χ2n) is 3.36. The van der Waals surface area contributed by atoms with E-state index in [4.69, 9.17) is 18.9 Å². The zero-order valence-electron chi connectivity index (χ0n) is 9.03. The molecular formula is C9H20O4Si.